The molecule has 0 spiro atoms. The summed E-state index contributed by atoms with van der Waals surface area (Å²) in [6.07, 6.45) is -6.56. The number of nitrogens with one attached hydrogen (secondary N) is 8. The van der Waals surface area contributed by atoms with Crippen LogP contribution in [0, 0.1) is 5.92 Å². The molecule has 3 heterocycles. The van der Waals surface area contributed by atoms with Gasteiger partial charge in [0.2, 0.25) is 47.3 Å². The molecule has 29 nitrogen and oxygen atoms in total. The Balaban J connectivity index is 1.07. The molecule has 0 aromatic heterocycles. The molecule has 35 heteroatoms. The molecule has 0 fully saturated rings. The van der Waals surface area contributed by atoms with E-state index in [-0.39, 0.29) is 107 Å². The summed E-state index contributed by atoms with van der Waals surface area (Å²) in [6.45, 7) is 8.00. The maximum absolute atomic E-state index is 16.7. The van der Waals surface area contributed by atoms with Crippen molar-refractivity contribution in [1.29, 1.82) is 0 Å². The number of aliphatic hydroxyl groups is 2. The first-order valence-electron chi connectivity index (χ1n) is 40.8. The summed E-state index contributed by atoms with van der Waals surface area (Å²) in [4.78, 5) is 142. The number of amides is 9. The molecule has 680 valence electrons. The number of phenols is 2. The summed E-state index contributed by atoms with van der Waals surface area (Å²) < 4.78 is 43.3. The molecule has 0 aliphatic carbocycles. The molecule has 9 atom stereocenters. The van der Waals surface area contributed by atoms with Crippen LogP contribution in [0.3, 0.4) is 0 Å². The highest BCUT2D eigenvalue weighted by molar-refractivity contribution is 9.11. The van der Waals surface area contributed by atoms with Crippen molar-refractivity contribution in [2.45, 2.75) is 133 Å². The number of aliphatic hydroxyl groups excluding tert-OH is 2. The summed E-state index contributed by atoms with van der Waals surface area (Å²) in [5, 5.41) is 68.5. The summed E-state index contributed by atoms with van der Waals surface area (Å²) in [5.74, 6) is -11.2. The van der Waals surface area contributed by atoms with E-state index in [9.17, 15) is 25.2 Å². The van der Waals surface area contributed by atoms with Crippen LogP contribution in [0.25, 0.3) is 11.1 Å². The van der Waals surface area contributed by atoms with Gasteiger partial charge in [0, 0.05) is 25.2 Å². The molecule has 12 N–H and O–H groups in total. The van der Waals surface area contributed by atoms with E-state index in [0.29, 0.717) is 33.8 Å². The van der Waals surface area contributed by atoms with Gasteiger partial charge < -0.3 is 96.1 Å². The first kappa shape index (κ1) is 96.7. The van der Waals surface area contributed by atoms with Gasteiger partial charge in [-0.25, -0.2) is 4.79 Å². The van der Waals surface area contributed by atoms with Crippen LogP contribution in [0.1, 0.15) is 139 Å². The summed E-state index contributed by atoms with van der Waals surface area (Å²) in [5.41, 5.74) is 0.980. The van der Waals surface area contributed by atoms with E-state index in [2.05, 4.69) is 74.4 Å². The van der Waals surface area contributed by atoms with Gasteiger partial charge in [-0.2, -0.15) is 0 Å². The molecule has 9 amide bonds. The number of ether oxygens (including phenoxy) is 7. The van der Waals surface area contributed by atoms with Crippen molar-refractivity contribution in [3.8, 4) is 62.9 Å². The predicted octanol–water partition coefficient (Wildman–Crippen LogP) is 15.2. The van der Waals surface area contributed by atoms with E-state index in [1.165, 1.54) is 58.6 Å². The van der Waals surface area contributed by atoms with E-state index < -0.39 is 159 Å². The molecule has 10 aromatic carbocycles. The lowest BCUT2D eigenvalue weighted by atomic mass is 9.89. The number of benzene rings is 10. The van der Waals surface area contributed by atoms with E-state index in [1.807, 2.05) is 66.7 Å². The van der Waals surface area contributed by atoms with E-state index in [1.54, 1.807) is 107 Å². The van der Waals surface area contributed by atoms with Crippen molar-refractivity contribution in [2.75, 3.05) is 28.3 Å². The van der Waals surface area contributed by atoms with Gasteiger partial charge in [-0.1, -0.05) is 182 Å². The van der Waals surface area contributed by atoms with E-state index >= 15 is 38.4 Å². The Morgan fingerprint density at radius 1 is 0.585 bits per heavy atom. The molecule has 13 rings (SSSR count). The molecule has 8 bridgehead atoms. The van der Waals surface area contributed by atoms with Crippen molar-refractivity contribution < 1.29 is 96.7 Å². The van der Waals surface area contributed by atoms with Crippen molar-refractivity contribution in [3.63, 3.8) is 0 Å². The zero-order valence-corrected chi connectivity index (χ0v) is 77.7. The number of hydrogen-bond donors (Lipinski definition) is 12. The highest BCUT2D eigenvalue weighted by Gasteiger charge is 2.44. The minimum Gasteiger partial charge on any atom is -0.505 e. The second kappa shape index (κ2) is 42.9. The van der Waals surface area contributed by atoms with Gasteiger partial charge in [-0.15, -0.1) is 0 Å². The average Bonchev–Trinajstić information content (AvgIpc) is 0.741. The number of hydrogen-bond acceptors (Lipinski definition) is 20. The zero-order chi connectivity index (χ0) is 93.7. The SMILES string of the molecule is CNC(=O)C1NC(=O)[C@H]2NC(=O)[C@H](NC(=O)[C@H](NC(=O)[C@H](CC(=O)NC(c3ccc(OC)cc3)c3ccc(OC)cc3)NC(=O)[C@H](NC(=O)[C@@H](CC(C)C)N(C)C(=O)OC(C)(C)C)[C@H](O)c3cc(Cl)c(O)c(Cl)c3)c3cc(Br)c(O)c(c3)Oc3c(Cl)cc(cc3Cl)[C@H]2O)c2ccc(OCc3ccccc3)c(c2)-c2c1cc(OCc1ccccc1)c(Br)c2OCc1ccccc1. The number of phenolic OH excluding ortho intramolecular Hbond substituents is 2. The van der Waals surface area contributed by atoms with Crippen molar-refractivity contribution in [1.82, 2.24) is 47.4 Å². The number of methoxy groups -OCH3 is 2. The quantitative estimate of drug-likeness (QED) is 0.0217. The van der Waals surface area contributed by atoms with Crippen LogP contribution >= 0.6 is 78.3 Å². The zero-order valence-electron chi connectivity index (χ0n) is 71.5. The maximum atomic E-state index is 16.7. The van der Waals surface area contributed by atoms with Crippen LogP contribution in [-0.4, -0.2) is 137 Å². The van der Waals surface area contributed by atoms with Crippen LogP contribution < -0.4 is 71.0 Å². The number of carbonyl (C=O) groups excluding carboxylic acids is 9. The Labute approximate surface area is 785 Å². The molecule has 1 unspecified atom stereocenters. The number of halogens is 6. The van der Waals surface area contributed by atoms with Crippen LogP contribution in [-0.2, 0) is 62.9 Å². The molecule has 3 aliphatic rings. The molecular formula is C95H93Br2Cl4N9O20. The number of aromatic hydroxyl groups is 2. The van der Waals surface area contributed by atoms with Crippen LogP contribution in [0.15, 0.2) is 209 Å². The van der Waals surface area contributed by atoms with Crippen LogP contribution in [0.2, 0.25) is 20.1 Å². The highest BCUT2D eigenvalue weighted by atomic mass is 79.9. The first-order chi connectivity index (χ1) is 62.0. The van der Waals surface area contributed by atoms with Gasteiger partial charge in [-0.3, -0.25) is 43.3 Å². The highest BCUT2D eigenvalue weighted by Crippen LogP contribution is 2.52. The molecule has 3 aliphatic heterocycles. The van der Waals surface area contributed by atoms with Crippen LogP contribution in [0.4, 0.5) is 4.79 Å². The van der Waals surface area contributed by atoms with Crippen molar-refractivity contribution >= 4 is 132 Å². The molecular weight excluding hydrogens is 1890 g/mol. The Kier molecular flexibility index (Phi) is 32.0. The largest absolute Gasteiger partial charge is 0.505 e. The van der Waals surface area contributed by atoms with Crippen LogP contribution in [0.5, 0.6) is 51.7 Å². The standard InChI is InChI=1S/C95H93Br2Cl4N9O20/c1-48(2)35-68(110(7)94(123)130-95(3,4)5)88(117)108-79(81(112)56-38-63(98)84(115)64(99)39-56)92(121)103-67(44-72(111)104-75(52-25-30-58(124-8)31-26-52)53-27-32-59(125-9)33-28-53)87(116)105-77-55-37-62(96)83(114)71(42-55)129-85-65(100)40-57(41-66(85)101)82(113)80-93(122)107-78(89(118)102-6)61-43-70(127-46-50-21-15-11-16-22-50)74(97)86(128-47-51-23-17-12-18-24-51)73(61)60-36-54(76(90(119)109-80)106-91(77)120)29-34-69(60)126-45-49-19-13-10-14-20-49/h10-34,36-43,48,67-68,75-82,112-115H,35,44-47H2,1-9H3,(H,102,118)(H,103,121)(H,104,111)(H,105,116)(H,106,120)(H,107,122)(H,108,117)(H,109,119)/t67-,68+,76+,77+,78?,79+,80-,81+,82+/m0/s1. The van der Waals surface area contributed by atoms with Gasteiger partial charge >= 0.3 is 6.09 Å². The third-order valence-corrected chi connectivity index (χ3v) is 23.7. The second-order valence-corrected chi connectivity index (χ2v) is 35.3. The van der Waals surface area contributed by atoms with Gasteiger partial charge in [0.25, 0.3) is 0 Å². The second-order valence-electron chi connectivity index (χ2n) is 32.0. The Morgan fingerprint density at radius 2 is 1.14 bits per heavy atom. The smallest absolute Gasteiger partial charge is 0.410 e. The minimum atomic E-state index is -2.28. The lowest BCUT2D eigenvalue weighted by Gasteiger charge is -2.33. The topological polar surface area (TPSA) is 399 Å². The number of fused-ring (bicyclic) bond motifs is 8. The molecule has 130 heavy (non-hydrogen) atoms. The lowest BCUT2D eigenvalue weighted by molar-refractivity contribution is -0.138. The number of nitrogens with zero attached hydrogens (tertiary/aromatic N) is 1. The van der Waals surface area contributed by atoms with E-state index in [0.717, 1.165) is 40.8 Å². The number of carbonyl (C=O) groups is 9. The Hall–Kier alpha value is -12.3. The Bertz CT molecular complexity index is 5780. The fraction of sp³-hybridized carbons (Fsp3) is 0.274. The number of rotatable bonds is 28. The molecule has 10 aromatic rings. The summed E-state index contributed by atoms with van der Waals surface area (Å²) in [6, 6.07) is 37.4. The van der Waals surface area contributed by atoms with Gasteiger partial charge in [-0.05, 0) is 199 Å². The predicted molar refractivity (Wildman–Crippen MR) is 493 cm³/mol. The Morgan fingerprint density at radius 3 is 1.68 bits per heavy atom. The normalized spacial score (nSPS) is 16.4. The third-order valence-electron chi connectivity index (χ3n) is 21.2. The fourth-order valence-corrected chi connectivity index (χ4v) is 16.6. The van der Waals surface area contributed by atoms with Gasteiger partial charge in [0.05, 0.1) is 51.2 Å². The minimum absolute atomic E-state index is 0.0173. The lowest BCUT2D eigenvalue weighted by Crippen LogP contribution is -2.60. The van der Waals surface area contributed by atoms with E-state index in [4.69, 9.17) is 79.6 Å². The summed E-state index contributed by atoms with van der Waals surface area (Å²) >= 11 is 34.4. The monoisotopic (exact) mass is 1980 g/mol. The van der Waals surface area contributed by atoms with Gasteiger partial charge in [0.1, 0.15) is 113 Å². The number of likely N-dealkylation sites (N-methyl/N-ethyl adjacent to an activating group) is 2. The molecule has 0 radical (unpaired) electrons. The first-order valence-corrected chi connectivity index (χ1v) is 43.9. The average molecular weight is 1980 g/mol. The molecule has 0 saturated carbocycles. The maximum Gasteiger partial charge on any atom is 0.410 e. The molecule has 0 saturated heterocycles. The van der Waals surface area contributed by atoms with Crippen molar-refractivity contribution in [2.24, 2.45) is 5.92 Å². The summed E-state index contributed by atoms with van der Waals surface area (Å²) in [7, 11) is 5.53. The third kappa shape index (κ3) is 23.5. The fourth-order valence-electron chi connectivity index (χ4n) is 14.5. The van der Waals surface area contributed by atoms with Gasteiger partial charge in [0.15, 0.2) is 23.0 Å². The van der Waals surface area contributed by atoms with Crippen molar-refractivity contribution in [3.05, 3.63) is 285 Å².